The third-order valence-electron chi connectivity index (χ3n) is 3.91. The summed E-state index contributed by atoms with van der Waals surface area (Å²) >= 11 is 0. The van der Waals surface area contributed by atoms with Crippen LogP contribution in [0.5, 0.6) is 0 Å². The summed E-state index contributed by atoms with van der Waals surface area (Å²) in [5.74, 6) is -2.61. The molecule has 0 saturated heterocycles. The number of Topliss-reactive ketones (excluding diaryl/α,β-unsaturated/α-hetero) is 1. The van der Waals surface area contributed by atoms with Gasteiger partial charge in [-0.15, -0.1) is 0 Å². The van der Waals surface area contributed by atoms with Crippen molar-refractivity contribution in [3.05, 3.63) is 47.0 Å². The van der Waals surface area contributed by atoms with E-state index in [9.17, 15) is 24.3 Å². The van der Waals surface area contributed by atoms with Gasteiger partial charge in [-0.25, -0.2) is 0 Å². The summed E-state index contributed by atoms with van der Waals surface area (Å²) in [5, 5.41) is 11.6. The Balaban J connectivity index is 2.21. The molecule has 0 unspecified atom stereocenters. The van der Waals surface area contributed by atoms with E-state index in [1.54, 1.807) is 24.3 Å². The zero-order valence-corrected chi connectivity index (χ0v) is 12.3. The second kappa shape index (κ2) is 5.31. The predicted octanol–water partition coefficient (Wildman–Crippen LogP) is 0.778. The first kappa shape index (κ1) is 14.9. The van der Waals surface area contributed by atoms with Crippen LogP contribution in [0, 0.1) is 0 Å². The molecule has 2 amide bonds. The summed E-state index contributed by atoms with van der Waals surface area (Å²) in [5.41, 5.74) is 1.02. The normalized spacial score (nSPS) is 13.5. The molecule has 6 nitrogen and oxygen atoms in total. The van der Waals surface area contributed by atoms with Crippen LogP contribution in [0.4, 0.5) is 0 Å². The fourth-order valence-electron chi connectivity index (χ4n) is 2.86. The molecular formula is C17H12NO5-. The molecule has 1 aliphatic rings. The van der Waals surface area contributed by atoms with Crippen LogP contribution in [0.1, 0.15) is 44.4 Å². The molecule has 0 spiro atoms. The standard InChI is InChI=1S/C17H13NO5/c1-9(19)10-5-6-13-15-11(10)3-2-4-12(15)16(22)18(17(13)23)8-7-14(20)21/h2-6H,7-8H2,1H3,(H,20,21)/p-1. The van der Waals surface area contributed by atoms with Crippen molar-refractivity contribution in [1.82, 2.24) is 4.90 Å². The van der Waals surface area contributed by atoms with Gasteiger partial charge < -0.3 is 9.90 Å². The fourth-order valence-corrected chi connectivity index (χ4v) is 2.86. The molecule has 0 radical (unpaired) electrons. The van der Waals surface area contributed by atoms with E-state index in [4.69, 9.17) is 0 Å². The highest BCUT2D eigenvalue weighted by Crippen LogP contribution is 2.32. The highest BCUT2D eigenvalue weighted by Gasteiger charge is 2.33. The van der Waals surface area contributed by atoms with Gasteiger partial charge in [-0.2, -0.15) is 0 Å². The Labute approximate surface area is 131 Å². The van der Waals surface area contributed by atoms with E-state index in [0.717, 1.165) is 4.90 Å². The number of amides is 2. The van der Waals surface area contributed by atoms with Crippen molar-refractivity contribution in [2.45, 2.75) is 13.3 Å². The van der Waals surface area contributed by atoms with Crippen molar-refractivity contribution in [2.24, 2.45) is 0 Å². The van der Waals surface area contributed by atoms with Gasteiger partial charge in [0.25, 0.3) is 11.8 Å². The number of rotatable bonds is 4. The van der Waals surface area contributed by atoms with E-state index < -0.39 is 24.2 Å². The number of nitrogens with zero attached hydrogens (tertiary/aromatic N) is 1. The lowest BCUT2D eigenvalue weighted by molar-refractivity contribution is -0.305. The molecule has 0 N–H and O–H groups in total. The molecule has 0 bridgehead atoms. The van der Waals surface area contributed by atoms with E-state index in [1.165, 1.54) is 13.0 Å². The summed E-state index contributed by atoms with van der Waals surface area (Å²) in [6.45, 7) is 1.17. The van der Waals surface area contributed by atoms with E-state index in [2.05, 4.69) is 0 Å². The predicted molar refractivity (Wildman–Crippen MR) is 78.9 cm³/mol. The Bertz CT molecular complexity index is 862. The van der Waals surface area contributed by atoms with Crippen LogP contribution in [0.15, 0.2) is 30.3 Å². The molecule has 1 aliphatic heterocycles. The smallest absolute Gasteiger partial charge is 0.261 e. The van der Waals surface area contributed by atoms with Crippen LogP contribution in [-0.4, -0.2) is 35.0 Å². The Hall–Kier alpha value is -3.02. The van der Waals surface area contributed by atoms with Crippen molar-refractivity contribution in [1.29, 1.82) is 0 Å². The monoisotopic (exact) mass is 310 g/mol. The largest absolute Gasteiger partial charge is 0.550 e. The summed E-state index contributed by atoms with van der Waals surface area (Å²) in [6, 6.07) is 7.95. The molecule has 1 heterocycles. The van der Waals surface area contributed by atoms with E-state index in [-0.39, 0.29) is 12.3 Å². The van der Waals surface area contributed by atoms with Crippen LogP contribution in [0.25, 0.3) is 10.8 Å². The van der Waals surface area contributed by atoms with Crippen molar-refractivity contribution < 1.29 is 24.3 Å². The Kier molecular flexibility index (Phi) is 3.44. The molecule has 2 aromatic carbocycles. The zero-order chi connectivity index (χ0) is 16.7. The average Bonchev–Trinajstić information content (AvgIpc) is 2.51. The van der Waals surface area contributed by atoms with Gasteiger partial charge in [-0.3, -0.25) is 19.3 Å². The molecule has 0 aliphatic carbocycles. The molecule has 0 aromatic heterocycles. The van der Waals surface area contributed by atoms with Crippen LogP contribution < -0.4 is 5.11 Å². The second-order valence-electron chi connectivity index (χ2n) is 5.33. The lowest BCUT2D eigenvalue weighted by Crippen LogP contribution is -2.42. The first-order valence-electron chi connectivity index (χ1n) is 7.04. The third-order valence-corrected chi connectivity index (χ3v) is 3.91. The highest BCUT2D eigenvalue weighted by atomic mass is 16.4. The molecule has 0 fully saturated rings. The van der Waals surface area contributed by atoms with Crippen molar-refractivity contribution in [2.75, 3.05) is 6.54 Å². The van der Waals surface area contributed by atoms with Gasteiger partial charge in [-0.05, 0) is 30.5 Å². The maximum Gasteiger partial charge on any atom is 0.261 e. The van der Waals surface area contributed by atoms with E-state index in [0.29, 0.717) is 27.5 Å². The summed E-state index contributed by atoms with van der Waals surface area (Å²) in [4.78, 5) is 48.3. The number of hydrogen-bond donors (Lipinski definition) is 0. The molecule has 0 atom stereocenters. The Morgan fingerprint density at radius 3 is 2.30 bits per heavy atom. The van der Waals surface area contributed by atoms with Crippen molar-refractivity contribution in [3.8, 4) is 0 Å². The summed E-state index contributed by atoms with van der Waals surface area (Å²) < 4.78 is 0. The molecule has 116 valence electrons. The SMILES string of the molecule is CC(=O)c1ccc2c3c(cccc13)C(=O)N(CCC(=O)[O-])C2=O. The molecule has 0 saturated carbocycles. The van der Waals surface area contributed by atoms with E-state index >= 15 is 0 Å². The molecule has 2 aromatic rings. The number of imide groups is 1. The summed E-state index contributed by atoms with van der Waals surface area (Å²) in [6.07, 6.45) is -0.422. The molecular weight excluding hydrogens is 298 g/mol. The molecule has 23 heavy (non-hydrogen) atoms. The van der Waals surface area contributed by atoms with Crippen LogP contribution in [-0.2, 0) is 4.79 Å². The number of carboxylic acids is 1. The Morgan fingerprint density at radius 1 is 1.04 bits per heavy atom. The topological polar surface area (TPSA) is 94.6 Å². The van der Waals surface area contributed by atoms with Crippen molar-refractivity contribution in [3.63, 3.8) is 0 Å². The fraction of sp³-hybridized carbons (Fsp3) is 0.176. The van der Waals surface area contributed by atoms with Crippen LogP contribution in [0.2, 0.25) is 0 Å². The number of benzene rings is 2. The lowest BCUT2D eigenvalue weighted by atomic mass is 9.90. The number of carboxylic acid groups (broad SMARTS) is 1. The lowest BCUT2D eigenvalue weighted by Gasteiger charge is -2.27. The zero-order valence-electron chi connectivity index (χ0n) is 12.3. The molecule has 3 rings (SSSR count). The van der Waals surface area contributed by atoms with Crippen LogP contribution >= 0.6 is 0 Å². The third kappa shape index (κ3) is 2.28. The van der Waals surface area contributed by atoms with Gasteiger partial charge in [0, 0.05) is 41.0 Å². The minimum Gasteiger partial charge on any atom is -0.550 e. The summed E-state index contributed by atoms with van der Waals surface area (Å²) in [7, 11) is 0. The van der Waals surface area contributed by atoms with Gasteiger partial charge in [0.05, 0.1) is 0 Å². The van der Waals surface area contributed by atoms with Gasteiger partial charge in [0.2, 0.25) is 0 Å². The number of carbonyl (C=O) groups is 4. The quantitative estimate of drug-likeness (QED) is 0.614. The number of carbonyl (C=O) groups excluding carboxylic acids is 4. The van der Waals surface area contributed by atoms with Gasteiger partial charge in [0.1, 0.15) is 0 Å². The highest BCUT2D eigenvalue weighted by molar-refractivity contribution is 6.27. The minimum absolute atomic E-state index is 0.159. The van der Waals surface area contributed by atoms with Gasteiger partial charge in [0.15, 0.2) is 5.78 Å². The number of ketones is 1. The minimum atomic E-state index is -1.33. The first-order valence-corrected chi connectivity index (χ1v) is 7.04. The second-order valence-corrected chi connectivity index (χ2v) is 5.33. The van der Waals surface area contributed by atoms with Gasteiger partial charge >= 0.3 is 0 Å². The van der Waals surface area contributed by atoms with Crippen LogP contribution in [0.3, 0.4) is 0 Å². The Morgan fingerprint density at radius 2 is 1.70 bits per heavy atom. The first-order chi connectivity index (χ1) is 10.9. The number of aliphatic carboxylic acids is 1. The number of hydrogen-bond acceptors (Lipinski definition) is 5. The maximum absolute atomic E-state index is 12.5. The maximum atomic E-state index is 12.5. The van der Waals surface area contributed by atoms with Crippen molar-refractivity contribution >= 4 is 34.3 Å². The average molecular weight is 310 g/mol. The van der Waals surface area contributed by atoms with Gasteiger partial charge in [-0.1, -0.05) is 12.1 Å². The van der Waals surface area contributed by atoms with E-state index in [1.807, 2.05) is 0 Å². The molecule has 6 heteroatoms.